The molecule has 1 fully saturated rings. The molecule has 0 saturated carbocycles. The maximum atomic E-state index is 11.9. The lowest BCUT2D eigenvalue weighted by atomic mass is 9.85. The highest BCUT2D eigenvalue weighted by atomic mass is 35.6. The highest BCUT2D eigenvalue weighted by Crippen LogP contribution is 2.46. The van der Waals surface area contributed by atoms with Crippen LogP contribution in [0.1, 0.15) is 12.8 Å². The highest BCUT2D eigenvalue weighted by molar-refractivity contribution is 8.03. The molecule has 1 heterocycles. The second-order valence-corrected chi connectivity index (χ2v) is 7.78. The van der Waals surface area contributed by atoms with Crippen LogP contribution in [0, 0.1) is 11.8 Å². The number of rotatable bonds is 1. The summed E-state index contributed by atoms with van der Waals surface area (Å²) in [5.41, 5.74) is 0. The van der Waals surface area contributed by atoms with Crippen LogP contribution in [-0.4, -0.2) is 19.2 Å². The van der Waals surface area contributed by atoms with E-state index in [1.165, 1.54) is 0 Å². The van der Waals surface area contributed by atoms with Crippen molar-refractivity contribution in [3.63, 3.8) is 0 Å². The van der Waals surface area contributed by atoms with E-state index in [1.807, 2.05) is 12.2 Å². The maximum absolute atomic E-state index is 11.9. The number of allylic oxidation sites excluding steroid dienone is 2. The van der Waals surface area contributed by atoms with Gasteiger partial charge in [-0.3, -0.25) is 9.59 Å². The van der Waals surface area contributed by atoms with Gasteiger partial charge in [-0.2, -0.15) is 0 Å². The molecule has 0 aromatic heterocycles. The van der Waals surface area contributed by atoms with Gasteiger partial charge in [0.2, 0.25) is 11.8 Å². The number of fused-ring (bicyclic) bond motifs is 1. The van der Waals surface area contributed by atoms with E-state index in [0.717, 1.165) is 4.31 Å². The van der Waals surface area contributed by atoms with Gasteiger partial charge >= 0.3 is 0 Å². The molecule has 2 aliphatic rings. The molecule has 88 valence electrons. The number of carbonyl (C=O) groups excluding carboxylic acids is 2. The number of hydrogen-bond acceptors (Lipinski definition) is 3. The first-order chi connectivity index (χ1) is 7.40. The largest absolute Gasteiger partial charge is 0.273 e. The molecular formula is C9H8Cl3NO2S. The molecular weight excluding hydrogens is 293 g/mol. The summed E-state index contributed by atoms with van der Waals surface area (Å²) in [7, 11) is 0. The first kappa shape index (κ1) is 12.6. The molecule has 0 bridgehead atoms. The van der Waals surface area contributed by atoms with Crippen LogP contribution in [0.4, 0.5) is 0 Å². The Bertz CT molecular complexity index is 340. The fourth-order valence-electron chi connectivity index (χ4n) is 1.96. The summed E-state index contributed by atoms with van der Waals surface area (Å²) in [6.45, 7) is 0. The van der Waals surface area contributed by atoms with E-state index in [-0.39, 0.29) is 23.7 Å². The van der Waals surface area contributed by atoms with Crippen molar-refractivity contribution in [1.82, 2.24) is 4.31 Å². The molecule has 1 aliphatic carbocycles. The Balaban J connectivity index is 2.18. The second kappa shape index (κ2) is 4.41. The Labute approximate surface area is 112 Å². The van der Waals surface area contributed by atoms with Gasteiger partial charge in [-0.15, -0.1) is 0 Å². The van der Waals surface area contributed by atoms with E-state index in [0.29, 0.717) is 24.8 Å². The average molecular weight is 301 g/mol. The smallest absolute Gasteiger partial charge is 0.256 e. The topological polar surface area (TPSA) is 37.4 Å². The molecule has 2 atom stereocenters. The molecule has 0 radical (unpaired) electrons. The summed E-state index contributed by atoms with van der Waals surface area (Å²) in [6, 6.07) is 0. The van der Waals surface area contributed by atoms with Gasteiger partial charge in [0.25, 0.3) is 3.12 Å². The number of halogens is 3. The Morgan fingerprint density at radius 1 is 1.12 bits per heavy atom. The maximum Gasteiger partial charge on any atom is 0.256 e. The van der Waals surface area contributed by atoms with Gasteiger partial charge < -0.3 is 0 Å². The van der Waals surface area contributed by atoms with Crippen LogP contribution in [0.15, 0.2) is 12.2 Å². The zero-order valence-corrected chi connectivity index (χ0v) is 11.1. The molecule has 0 aromatic carbocycles. The zero-order chi connectivity index (χ0) is 11.9. The van der Waals surface area contributed by atoms with Crippen LogP contribution in [0.25, 0.3) is 0 Å². The molecule has 1 aliphatic heterocycles. The van der Waals surface area contributed by atoms with Gasteiger partial charge in [0.15, 0.2) is 0 Å². The van der Waals surface area contributed by atoms with E-state index in [9.17, 15) is 9.59 Å². The number of hydrogen-bond donors (Lipinski definition) is 0. The van der Waals surface area contributed by atoms with Gasteiger partial charge in [0.05, 0.1) is 11.8 Å². The standard InChI is InChI=1S/C9H8Cl3NO2S/c10-9(11,12)16-13-7(14)5-3-1-2-4-6(5)8(13)15/h1-2,5-6H,3-4H2/t5-,6-/m1/s1. The van der Waals surface area contributed by atoms with E-state index in [2.05, 4.69) is 0 Å². The van der Waals surface area contributed by atoms with Gasteiger partial charge in [-0.05, 0) is 12.8 Å². The fraction of sp³-hybridized carbons (Fsp3) is 0.556. The Hall–Kier alpha value is 0.1000. The number of carbonyl (C=O) groups is 2. The molecule has 7 heteroatoms. The molecule has 0 aromatic rings. The summed E-state index contributed by atoms with van der Waals surface area (Å²) in [5.74, 6) is -1.07. The molecule has 0 spiro atoms. The van der Waals surface area contributed by atoms with Crippen molar-refractivity contribution in [2.45, 2.75) is 16.0 Å². The van der Waals surface area contributed by atoms with E-state index < -0.39 is 3.12 Å². The molecule has 0 unspecified atom stereocenters. The molecule has 16 heavy (non-hydrogen) atoms. The Kier molecular flexibility index (Phi) is 3.46. The minimum Gasteiger partial charge on any atom is -0.273 e. The predicted molar refractivity (Wildman–Crippen MR) is 65.1 cm³/mol. The van der Waals surface area contributed by atoms with Crippen molar-refractivity contribution in [3.8, 4) is 0 Å². The normalized spacial score (nSPS) is 29.8. The molecule has 1 saturated heterocycles. The minimum atomic E-state index is -1.69. The average Bonchev–Trinajstić information content (AvgIpc) is 2.43. The first-order valence-corrected chi connectivity index (χ1v) is 6.59. The predicted octanol–water partition coefficient (Wildman–Crippen LogP) is 2.91. The SMILES string of the molecule is O=C1[C@@H]2CC=CC[C@H]2C(=O)N1SC(Cl)(Cl)Cl. The fourth-order valence-corrected chi connectivity index (χ4v) is 3.24. The van der Waals surface area contributed by atoms with Crippen molar-refractivity contribution >= 4 is 58.6 Å². The Morgan fingerprint density at radius 3 is 1.94 bits per heavy atom. The third-order valence-electron chi connectivity index (χ3n) is 2.66. The number of alkyl halides is 3. The quantitative estimate of drug-likeness (QED) is 0.323. The summed E-state index contributed by atoms with van der Waals surface area (Å²) in [6.07, 6.45) is 5.00. The Morgan fingerprint density at radius 2 is 1.56 bits per heavy atom. The van der Waals surface area contributed by atoms with Gasteiger partial charge in [-0.25, -0.2) is 4.31 Å². The van der Waals surface area contributed by atoms with Gasteiger partial charge in [0.1, 0.15) is 0 Å². The highest BCUT2D eigenvalue weighted by Gasteiger charge is 2.49. The van der Waals surface area contributed by atoms with Gasteiger partial charge in [0, 0.05) is 11.9 Å². The third-order valence-corrected chi connectivity index (χ3v) is 4.03. The number of amides is 2. The van der Waals surface area contributed by atoms with Crippen LogP contribution in [-0.2, 0) is 9.59 Å². The first-order valence-electron chi connectivity index (χ1n) is 4.69. The summed E-state index contributed by atoms with van der Waals surface area (Å²) < 4.78 is -0.693. The van der Waals surface area contributed by atoms with Crippen molar-refractivity contribution < 1.29 is 9.59 Å². The lowest BCUT2D eigenvalue weighted by Crippen LogP contribution is -2.26. The lowest BCUT2D eigenvalue weighted by molar-refractivity contribution is -0.133. The summed E-state index contributed by atoms with van der Waals surface area (Å²) in [5, 5.41) is 0. The minimum absolute atomic E-state index is 0.254. The molecule has 3 nitrogen and oxygen atoms in total. The molecule has 2 rings (SSSR count). The zero-order valence-electron chi connectivity index (χ0n) is 8.03. The van der Waals surface area contributed by atoms with Crippen molar-refractivity contribution in [3.05, 3.63) is 12.2 Å². The van der Waals surface area contributed by atoms with E-state index in [1.54, 1.807) is 0 Å². The second-order valence-electron chi connectivity index (χ2n) is 3.66. The summed E-state index contributed by atoms with van der Waals surface area (Å²) in [4.78, 5) is 23.8. The van der Waals surface area contributed by atoms with E-state index in [4.69, 9.17) is 34.8 Å². The van der Waals surface area contributed by atoms with Crippen molar-refractivity contribution in [1.29, 1.82) is 0 Å². The van der Waals surface area contributed by atoms with Crippen LogP contribution in [0.3, 0.4) is 0 Å². The van der Waals surface area contributed by atoms with Gasteiger partial charge in [-0.1, -0.05) is 47.0 Å². The summed E-state index contributed by atoms with van der Waals surface area (Å²) >= 11 is 17.4. The van der Waals surface area contributed by atoms with Crippen LogP contribution >= 0.6 is 46.8 Å². The number of nitrogens with zero attached hydrogens (tertiary/aromatic N) is 1. The van der Waals surface area contributed by atoms with Crippen LogP contribution in [0.2, 0.25) is 0 Å². The lowest BCUT2D eigenvalue weighted by Gasteiger charge is -2.17. The van der Waals surface area contributed by atoms with Crippen molar-refractivity contribution in [2.24, 2.45) is 11.8 Å². The van der Waals surface area contributed by atoms with Crippen molar-refractivity contribution in [2.75, 3.05) is 0 Å². The van der Waals surface area contributed by atoms with Crippen LogP contribution in [0.5, 0.6) is 0 Å². The van der Waals surface area contributed by atoms with Crippen LogP contribution < -0.4 is 0 Å². The molecule has 2 amide bonds. The van der Waals surface area contributed by atoms with E-state index >= 15 is 0 Å². The monoisotopic (exact) mass is 299 g/mol. The molecule has 0 N–H and O–H groups in total. The third kappa shape index (κ3) is 2.35. The number of imide groups is 1.